The van der Waals surface area contributed by atoms with Crippen molar-refractivity contribution in [3.8, 4) is 0 Å². The zero-order chi connectivity index (χ0) is 17.9. The van der Waals surface area contributed by atoms with Crippen molar-refractivity contribution in [2.45, 2.75) is 6.54 Å². The molecule has 0 aliphatic carbocycles. The van der Waals surface area contributed by atoms with Crippen LogP contribution >= 0.6 is 15.9 Å². The molecule has 3 aromatic rings. The zero-order valence-electron chi connectivity index (χ0n) is 14.7. The molecule has 0 aromatic carbocycles. The number of halogens is 1. The van der Waals surface area contributed by atoms with Crippen molar-refractivity contribution < 1.29 is 0 Å². The molecule has 4 rings (SSSR count). The van der Waals surface area contributed by atoms with Crippen LogP contribution in [0.4, 0.5) is 11.5 Å². The van der Waals surface area contributed by atoms with Gasteiger partial charge in [-0.2, -0.15) is 0 Å². The van der Waals surface area contributed by atoms with Gasteiger partial charge in [-0.15, -0.1) is 0 Å². The molecule has 0 spiro atoms. The summed E-state index contributed by atoms with van der Waals surface area (Å²) < 4.78 is 0.929. The molecule has 0 amide bonds. The smallest absolute Gasteiger partial charge is 0.128 e. The van der Waals surface area contributed by atoms with Gasteiger partial charge < -0.3 is 15.1 Å². The minimum Gasteiger partial charge on any atom is -0.379 e. The molecule has 1 aliphatic rings. The highest BCUT2D eigenvalue weighted by molar-refractivity contribution is 9.10. The highest BCUT2D eigenvalue weighted by atomic mass is 79.9. The van der Waals surface area contributed by atoms with Gasteiger partial charge in [-0.25, -0.2) is 4.98 Å². The third kappa shape index (κ3) is 3.78. The lowest BCUT2D eigenvalue weighted by molar-refractivity contribution is 0.312. The molecular formula is C19H21BrN6. The molecule has 4 heterocycles. The summed E-state index contributed by atoms with van der Waals surface area (Å²) in [7, 11) is 2.16. The Balaban J connectivity index is 1.44. The van der Waals surface area contributed by atoms with Crippen LogP contribution in [0.1, 0.15) is 5.56 Å². The minimum atomic E-state index is 0.701. The van der Waals surface area contributed by atoms with Gasteiger partial charge in [0.1, 0.15) is 11.3 Å². The van der Waals surface area contributed by atoms with Crippen LogP contribution in [0.25, 0.3) is 11.0 Å². The Morgan fingerprint density at radius 1 is 1.04 bits per heavy atom. The van der Waals surface area contributed by atoms with E-state index in [0.29, 0.717) is 6.54 Å². The third-order valence-corrected chi connectivity index (χ3v) is 5.10. The normalized spacial score (nSPS) is 15.4. The summed E-state index contributed by atoms with van der Waals surface area (Å²) in [6.45, 7) is 4.94. The summed E-state index contributed by atoms with van der Waals surface area (Å²) >= 11 is 3.44. The second-order valence-electron chi connectivity index (χ2n) is 6.55. The van der Waals surface area contributed by atoms with Gasteiger partial charge in [0.2, 0.25) is 0 Å². The Morgan fingerprint density at radius 3 is 2.65 bits per heavy atom. The highest BCUT2D eigenvalue weighted by Crippen LogP contribution is 2.22. The second kappa shape index (κ2) is 7.55. The van der Waals surface area contributed by atoms with Crippen molar-refractivity contribution >= 4 is 38.5 Å². The summed E-state index contributed by atoms with van der Waals surface area (Å²) in [4.78, 5) is 18.2. The lowest BCUT2D eigenvalue weighted by Gasteiger charge is -2.33. The standard InChI is InChI=1S/C19H21BrN6/c1-25-6-8-26(9-7-25)18-3-2-14(12-23-18)11-22-16-4-5-21-17-10-15(20)13-24-19(16)17/h2-5,10,12-13H,6-9,11H2,1H3,(H,21,22). The van der Waals surface area contributed by atoms with Crippen molar-refractivity contribution in [2.75, 3.05) is 43.4 Å². The van der Waals surface area contributed by atoms with Crippen LogP contribution in [0, 0.1) is 0 Å². The number of pyridine rings is 3. The Bertz CT molecular complexity index is 890. The van der Waals surface area contributed by atoms with E-state index in [1.165, 1.54) is 0 Å². The largest absolute Gasteiger partial charge is 0.379 e. The van der Waals surface area contributed by atoms with Crippen LogP contribution in [0.5, 0.6) is 0 Å². The van der Waals surface area contributed by atoms with Crippen molar-refractivity contribution in [1.82, 2.24) is 19.9 Å². The molecule has 7 heteroatoms. The van der Waals surface area contributed by atoms with Crippen molar-refractivity contribution in [2.24, 2.45) is 0 Å². The van der Waals surface area contributed by atoms with Crippen LogP contribution < -0.4 is 10.2 Å². The number of hydrogen-bond acceptors (Lipinski definition) is 6. The number of nitrogens with one attached hydrogen (secondary N) is 1. The number of hydrogen-bond donors (Lipinski definition) is 1. The molecular weight excluding hydrogens is 392 g/mol. The molecule has 1 saturated heterocycles. The molecule has 1 fully saturated rings. The van der Waals surface area contributed by atoms with E-state index in [2.05, 4.69) is 65.2 Å². The number of likely N-dealkylation sites (N-methyl/N-ethyl adjacent to an activating group) is 1. The quantitative estimate of drug-likeness (QED) is 0.709. The fourth-order valence-corrected chi connectivity index (χ4v) is 3.41. The molecule has 0 bridgehead atoms. The average molecular weight is 413 g/mol. The molecule has 6 nitrogen and oxygen atoms in total. The maximum absolute atomic E-state index is 4.65. The summed E-state index contributed by atoms with van der Waals surface area (Å²) in [5, 5.41) is 3.45. The van der Waals surface area contributed by atoms with Gasteiger partial charge >= 0.3 is 0 Å². The molecule has 3 aromatic heterocycles. The molecule has 1 N–H and O–H groups in total. The lowest BCUT2D eigenvalue weighted by atomic mass is 10.2. The number of rotatable bonds is 4. The Morgan fingerprint density at radius 2 is 1.88 bits per heavy atom. The summed E-state index contributed by atoms with van der Waals surface area (Å²) in [5.41, 5.74) is 3.86. The van der Waals surface area contributed by atoms with Gasteiger partial charge in [0.05, 0.1) is 11.2 Å². The molecule has 26 heavy (non-hydrogen) atoms. The van der Waals surface area contributed by atoms with Crippen LogP contribution in [0.2, 0.25) is 0 Å². The first-order valence-electron chi connectivity index (χ1n) is 8.71. The van der Waals surface area contributed by atoms with E-state index in [1.54, 1.807) is 12.4 Å². The van der Waals surface area contributed by atoms with Crippen LogP contribution in [-0.2, 0) is 6.54 Å². The number of nitrogens with zero attached hydrogens (tertiary/aromatic N) is 5. The maximum Gasteiger partial charge on any atom is 0.128 e. The first kappa shape index (κ1) is 17.2. The second-order valence-corrected chi connectivity index (χ2v) is 7.46. The molecule has 0 saturated carbocycles. The van der Waals surface area contributed by atoms with Crippen LogP contribution in [0.15, 0.2) is 47.3 Å². The van der Waals surface area contributed by atoms with Gasteiger partial charge in [-0.3, -0.25) is 9.97 Å². The van der Waals surface area contributed by atoms with E-state index in [-0.39, 0.29) is 0 Å². The maximum atomic E-state index is 4.65. The zero-order valence-corrected chi connectivity index (χ0v) is 16.3. The van der Waals surface area contributed by atoms with E-state index in [4.69, 9.17) is 0 Å². The molecule has 134 valence electrons. The molecule has 1 aliphatic heterocycles. The van der Waals surface area contributed by atoms with E-state index in [0.717, 1.165) is 58.8 Å². The van der Waals surface area contributed by atoms with Gasteiger partial charge in [0, 0.05) is 55.8 Å². The monoisotopic (exact) mass is 412 g/mol. The number of piperazine rings is 1. The minimum absolute atomic E-state index is 0.701. The Labute approximate surface area is 161 Å². The third-order valence-electron chi connectivity index (χ3n) is 4.66. The first-order valence-corrected chi connectivity index (χ1v) is 9.51. The van der Waals surface area contributed by atoms with Crippen LogP contribution in [-0.4, -0.2) is 53.1 Å². The number of fused-ring (bicyclic) bond motifs is 1. The topological polar surface area (TPSA) is 57.2 Å². The summed E-state index contributed by atoms with van der Waals surface area (Å²) in [5.74, 6) is 1.06. The van der Waals surface area contributed by atoms with E-state index in [1.807, 2.05) is 18.3 Å². The number of aromatic nitrogens is 3. The number of anilines is 2. The molecule has 0 radical (unpaired) electrons. The molecule has 0 atom stereocenters. The first-order chi connectivity index (χ1) is 12.7. The van der Waals surface area contributed by atoms with Crippen molar-refractivity contribution in [1.29, 1.82) is 0 Å². The van der Waals surface area contributed by atoms with E-state index < -0.39 is 0 Å². The van der Waals surface area contributed by atoms with E-state index >= 15 is 0 Å². The van der Waals surface area contributed by atoms with Crippen molar-refractivity contribution in [3.63, 3.8) is 0 Å². The Hall–Kier alpha value is -2.25. The van der Waals surface area contributed by atoms with Crippen LogP contribution in [0.3, 0.4) is 0 Å². The van der Waals surface area contributed by atoms with Gasteiger partial charge in [0.15, 0.2) is 0 Å². The fourth-order valence-electron chi connectivity index (χ4n) is 3.09. The molecule has 0 unspecified atom stereocenters. The van der Waals surface area contributed by atoms with Gasteiger partial charge in [-0.05, 0) is 46.7 Å². The highest BCUT2D eigenvalue weighted by Gasteiger charge is 2.15. The predicted octanol–water partition coefficient (Wildman–Crippen LogP) is 3.15. The summed E-state index contributed by atoms with van der Waals surface area (Å²) in [6, 6.07) is 8.18. The Kier molecular flexibility index (Phi) is 4.99. The predicted molar refractivity (Wildman–Crippen MR) is 109 cm³/mol. The SMILES string of the molecule is CN1CCN(c2ccc(CNc3ccnc4cc(Br)cnc34)cn2)CC1. The van der Waals surface area contributed by atoms with E-state index in [9.17, 15) is 0 Å². The lowest BCUT2D eigenvalue weighted by Crippen LogP contribution is -2.44. The van der Waals surface area contributed by atoms with Gasteiger partial charge in [-0.1, -0.05) is 6.07 Å². The van der Waals surface area contributed by atoms with Crippen molar-refractivity contribution in [3.05, 3.63) is 52.9 Å². The summed E-state index contributed by atoms with van der Waals surface area (Å²) in [6.07, 6.45) is 5.54. The average Bonchev–Trinajstić information content (AvgIpc) is 2.67. The van der Waals surface area contributed by atoms with Gasteiger partial charge in [0.25, 0.3) is 0 Å². The fraction of sp³-hybridized carbons (Fsp3) is 0.316.